The second-order valence-electron chi connectivity index (χ2n) is 6.52. The second-order valence-corrected chi connectivity index (χ2v) is 6.52. The highest BCUT2D eigenvalue weighted by molar-refractivity contribution is 5.89. The number of carboxylic acid groups (broad SMARTS) is 1. The van der Waals surface area contributed by atoms with Gasteiger partial charge in [-0.15, -0.1) is 0 Å². The SMILES string of the molecule is CO[C@@H]1COC[C@H]1NC(=O)N1CCC(c2ccccc2C(=O)O)CC1. The molecule has 2 atom stereocenters. The molecule has 2 amide bonds. The highest BCUT2D eigenvalue weighted by atomic mass is 16.5. The molecule has 7 heteroatoms. The Bertz CT molecular complexity index is 628. The molecule has 0 bridgehead atoms. The molecule has 2 aliphatic rings. The topological polar surface area (TPSA) is 88.1 Å². The molecule has 7 nitrogen and oxygen atoms in total. The zero-order chi connectivity index (χ0) is 17.8. The van der Waals surface area contributed by atoms with Crippen molar-refractivity contribution in [3.05, 3.63) is 35.4 Å². The molecule has 3 rings (SSSR count). The Labute approximate surface area is 146 Å². The molecule has 1 aromatic rings. The molecule has 0 aliphatic carbocycles. The number of aromatic carboxylic acids is 1. The fourth-order valence-corrected chi connectivity index (χ4v) is 3.59. The fourth-order valence-electron chi connectivity index (χ4n) is 3.59. The van der Waals surface area contributed by atoms with Crippen LogP contribution in [0.15, 0.2) is 24.3 Å². The molecule has 1 aromatic carbocycles. The summed E-state index contributed by atoms with van der Waals surface area (Å²) in [6.07, 6.45) is 1.41. The average Bonchev–Trinajstić information content (AvgIpc) is 3.09. The first kappa shape index (κ1) is 17.7. The first-order valence-electron chi connectivity index (χ1n) is 8.58. The summed E-state index contributed by atoms with van der Waals surface area (Å²) >= 11 is 0. The number of carbonyl (C=O) groups excluding carboxylic acids is 1. The van der Waals surface area contributed by atoms with Crippen LogP contribution in [-0.2, 0) is 9.47 Å². The van der Waals surface area contributed by atoms with E-state index in [0.29, 0.717) is 31.9 Å². The number of carbonyl (C=O) groups is 2. The standard InChI is InChI=1S/C18H24N2O5/c1-24-16-11-25-10-15(16)19-18(23)20-8-6-12(7-9-20)13-4-2-3-5-14(13)17(21)22/h2-5,12,15-16H,6-11H2,1H3,(H,19,23)(H,21,22)/t15-,16-/m1/s1. The van der Waals surface area contributed by atoms with Gasteiger partial charge in [0, 0.05) is 20.2 Å². The summed E-state index contributed by atoms with van der Waals surface area (Å²) in [6.45, 7) is 2.17. The smallest absolute Gasteiger partial charge is 0.335 e. The first-order chi connectivity index (χ1) is 12.1. The van der Waals surface area contributed by atoms with Gasteiger partial charge in [0.05, 0.1) is 24.8 Å². The van der Waals surface area contributed by atoms with Crippen LogP contribution in [0.1, 0.15) is 34.7 Å². The average molecular weight is 348 g/mol. The third-order valence-corrected chi connectivity index (χ3v) is 5.05. The van der Waals surface area contributed by atoms with Crippen molar-refractivity contribution in [2.24, 2.45) is 0 Å². The first-order valence-corrected chi connectivity index (χ1v) is 8.58. The Kier molecular flexibility index (Phi) is 5.55. The van der Waals surface area contributed by atoms with Crippen LogP contribution in [0.2, 0.25) is 0 Å². The zero-order valence-corrected chi connectivity index (χ0v) is 14.3. The number of rotatable bonds is 4. The second kappa shape index (κ2) is 7.84. The fraction of sp³-hybridized carbons (Fsp3) is 0.556. The van der Waals surface area contributed by atoms with E-state index in [4.69, 9.17) is 9.47 Å². The van der Waals surface area contributed by atoms with Crippen molar-refractivity contribution in [1.29, 1.82) is 0 Å². The zero-order valence-electron chi connectivity index (χ0n) is 14.3. The molecule has 136 valence electrons. The molecule has 0 radical (unpaired) electrons. The molecule has 2 N–H and O–H groups in total. The summed E-state index contributed by atoms with van der Waals surface area (Å²) in [7, 11) is 1.61. The van der Waals surface area contributed by atoms with Gasteiger partial charge in [0.15, 0.2) is 0 Å². The largest absolute Gasteiger partial charge is 0.478 e. The molecule has 25 heavy (non-hydrogen) atoms. The maximum atomic E-state index is 12.4. The lowest BCUT2D eigenvalue weighted by Gasteiger charge is -2.33. The predicted octanol–water partition coefficient (Wildman–Crippen LogP) is 1.69. The third-order valence-electron chi connectivity index (χ3n) is 5.05. The number of nitrogens with zero attached hydrogens (tertiary/aromatic N) is 1. The van der Waals surface area contributed by atoms with Crippen LogP contribution < -0.4 is 5.32 Å². The Morgan fingerprint density at radius 1 is 1.24 bits per heavy atom. The maximum absolute atomic E-state index is 12.4. The normalized spacial score (nSPS) is 24.3. The summed E-state index contributed by atoms with van der Waals surface area (Å²) in [4.78, 5) is 25.6. The van der Waals surface area contributed by atoms with Gasteiger partial charge in [0.2, 0.25) is 0 Å². The van der Waals surface area contributed by atoms with Crippen LogP contribution in [0, 0.1) is 0 Å². The van der Waals surface area contributed by atoms with E-state index in [2.05, 4.69) is 5.32 Å². The van der Waals surface area contributed by atoms with Crippen molar-refractivity contribution in [1.82, 2.24) is 10.2 Å². The number of piperidine rings is 1. The van der Waals surface area contributed by atoms with E-state index in [1.54, 1.807) is 24.1 Å². The minimum atomic E-state index is -0.900. The van der Waals surface area contributed by atoms with E-state index in [9.17, 15) is 14.7 Å². The van der Waals surface area contributed by atoms with Crippen LogP contribution in [-0.4, -0.2) is 67.6 Å². The molecule has 2 fully saturated rings. The van der Waals surface area contributed by atoms with Gasteiger partial charge in [-0.05, 0) is 30.4 Å². The number of hydrogen-bond donors (Lipinski definition) is 2. The van der Waals surface area contributed by atoms with Crippen LogP contribution in [0.4, 0.5) is 4.79 Å². The van der Waals surface area contributed by atoms with Crippen molar-refractivity contribution in [3.8, 4) is 0 Å². The van der Waals surface area contributed by atoms with Crippen LogP contribution in [0.3, 0.4) is 0 Å². The van der Waals surface area contributed by atoms with Crippen molar-refractivity contribution in [3.63, 3.8) is 0 Å². The highest BCUT2D eigenvalue weighted by Crippen LogP contribution is 2.30. The van der Waals surface area contributed by atoms with Gasteiger partial charge in [-0.2, -0.15) is 0 Å². The molecule has 0 unspecified atom stereocenters. The number of amides is 2. The lowest BCUT2D eigenvalue weighted by atomic mass is 9.86. The number of urea groups is 1. The molecule has 2 saturated heterocycles. The Morgan fingerprint density at radius 2 is 1.96 bits per heavy atom. The van der Waals surface area contributed by atoms with E-state index in [1.807, 2.05) is 12.1 Å². The van der Waals surface area contributed by atoms with Crippen LogP contribution in [0.5, 0.6) is 0 Å². The summed E-state index contributed by atoms with van der Waals surface area (Å²) < 4.78 is 10.7. The maximum Gasteiger partial charge on any atom is 0.335 e. The van der Waals surface area contributed by atoms with Crippen molar-refractivity contribution in [2.45, 2.75) is 30.9 Å². The lowest BCUT2D eigenvalue weighted by Crippen LogP contribution is -2.51. The molecule has 2 aliphatic heterocycles. The lowest BCUT2D eigenvalue weighted by molar-refractivity contribution is 0.0693. The van der Waals surface area contributed by atoms with Gasteiger partial charge in [-0.1, -0.05) is 18.2 Å². The van der Waals surface area contributed by atoms with Crippen molar-refractivity contribution in [2.75, 3.05) is 33.4 Å². The van der Waals surface area contributed by atoms with Gasteiger partial charge in [0.25, 0.3) is 0 Å². The molecule has 0 saturated carbocycles. The Morgan fingerprint density at radius 3 is 2.64 bits per heavy atom. The monoisotopic (exact) mass is 348 g/mol. The van der Waals surface area contributed by atoms with Crippen molar-refractivity contribution < 1.29 is 24.2 Å². The number of hydrogen-bond acceptors (Lipinski definition) is 4. The summed E-state index contributed by atoms with van der Waals surface area (Å²) in [5.41, 5.74) is 1.22. The Hall–Kier alpha value is -2.12. The van der Waals surface area contributed by atoms with Gasteiger partial charge >= 0.3 is 12.0 Å². The quantitative estimate of drug-likeness (QED) is 0.864. The summed E-state index contributed by atoms with van der Waals surface area (Å²) in [5.74, 6) is -0.736. The molecule has 0 aromatic heterocycles. The minimum Gasteiger partial charge on any atom is -0.478 e. The number of carboxylic acids is 1. The highest BCUT2D eigenvalue weighted by Gasteiger charge is 2.32. The number of likely N-dealkylation sites (tertiary alicyclic amines) is 1. The number of methoxy groups -OCH3 is 1. The van der Waals surface area contributed by atoms with E-state index in [1.165, 1.54) is 0 Å². The van der Waals surface area contributed by atoms with Gasteiger partial charge < -0.3 is 24.8 Å². The molecular formula is C18H24N2O5. The minimum absolute atomic E-state index is 0.107. The summed E-state index contributed by atoms with van der Waals surface area (Å²) in [5, 5.41) is 12.3. The summed E-state index contributed by atoms with van der Waals surface area (Å²) in [6, 6.07) is 6.90. The molecule has 2 heterocycles. The van der Waals surface area contributed by atoms with Crippen LogP contribution >= 0.6 is 0 Å². The van der Waals surface area contributed by atoms with E-state index < -0.39 is 5.97 Å². The van der Waals surface area contributed by atoms with E-state index >= 15 is 0 Å². The van der Waals surface area contributed by atoms with E-state index in [0.717, 1.165) is 18.4 Å². The predicted molar refractivity (Wildman–Crippen MR) is 90.9 cm³/mol. The Balaban J connectivity index is 1.57. The number of benzene rings is 1. The van der Waals surface area contributed by atoms with E-state index in [-0.39, 0.29) is 24.1 Å². The van der Waals surface area contributed by atoms with Gasteiger partial charge in [-0.3, -0.25) is 0 Å². The van der Waals surface area contributed by atoms with Crippen molar-refractivity contribution >= 4 is 12.0 Å². The number of ether oxygens (including phenoxy) is 2. The molecular weight excluding hydrogens is 324 g/mol. The third kappa shape index (κ3) is 3.93. The van der Waals surface area contributed by atoms with Crippen LogP contribution in [0.25, 0.3) is 0 Å². The molecule has 0 spiro atoms. The van der Waals surface area contributed by atoms with Gasteiger partial charge in [-0.25, -0.2) is 9.59 Å². The number of nitrogens with one attached hydrogen (secondary N) is 1. The van der Waals surface area contributed by atoms with Gasteiger partial charge in [0.1, 0.15) is 6.10 Å².